The largest absolute Gasteiger partial charge is 0.338 e. The summed E-state index contributed by atoms with van der Waals surface area (Å²) in [7, 11) is -1.60. The fourth-order valence-corrected chi connectivity index (χ4v) is 4.12. The van der Waals surface area contributed by atoms with E-state index in [2.05, 4.69) is 0 Å². The summed E-state index contributed by atoms with van der Waals surface area (Å²) in [6.07, 6.45) is 0.595. The quantitative estimate of drug-likeness (QED) is 0.891. The molecule has 122 valence electrons. The Kier molecular flexibility index (Phi) is 4.99. The van der Waals surface area contributed by atoms with Gasteiger partial charge >= 0.3 is 0 Å². The van der Waals surface area contributed by atoms with E-state index < -0.39 is 10.0 Å². The molecule has 0 spiro atoms. The van der Waals surface area contributed by atoms with Gasteiger partial charge in [-0.05, 0) is 31.5 Å². The molecule has 1 heterocycles. The van der Waals surface area contributed by atoms with Gasteiger partial charge in [-0.15, -0.1) is 0 Å². The fourth-order valence-electron chi connectivity index (χ4n) is 2.31. The summed E-state index contributed by atoms with van der Waals surface area (Å²) in [6, 6.07) is 4.59. The zero-order chi connectivity index (χ0) is 16.5. The first kappa shape index (κ1) is 17.1. The third-order valence-electron chi connectivity index (χ3n) is 3.89. The zero-order valence-corrected chi connectivity index (χ0v) is 14.2. The van der Waals surface area contributed by atoms with Crippen molar-refractivity contribution in [2.75, 3.05) is 30.2 Å². The molecule has 2 rings (SSSR count). The molecule has 1 aliphatic heterocycles. The van der Waals surface area contributed by atoms with Crippen LogP contribution in [0.2, 0.25) is 5.02 Å². The van der Waals surface area contributed by atoms with Gasteiger partial charge in [0.05, 0.1) is 22.0 Å². The molecular weight excluding hydrogens is 326 g/mol. The van der Waals surface area contributed by atoms with Crippen molar-refractivity contribution < 1.29 is 13.2 Å². The van der Waals surface area contributed by atoms with Crippen LogP contribution in [0.3, 0.4) is 0 Å². The van der Waals surface area contributed by atoms with Crippen LogP contribution in [0.1, 0.15) is 23.7 Å². The molecule has 0 aliphatic carbocycles. The SMILES string of the molecule is CC(CN)N(C)C(=O)c1ccc(N2CCCS2(=O)=O)cc1Cl. The summed E-state index contributed by atoms with van der Waals surface area (Å²) in [5.41, 5.74) is 6.40. The topological polar surface area (TPSA) is 83.7 Å². The van der Waals surface area contributed by atoms with Crippen molar-refractivity contribution in [1.82, 2.24) is 4.90 Å². The number of nitrogens with two attached hydrogens (primary N) is 1. The van der Waals surface area contributed by atoms with Crippen LogP contribution >= 0.6 is 11.6 Å². The van der Waals surface area contributed by atoms with E-state index in [9.17, 15) is 13.2 Å². The number of hydrogen-bond donors (Lipinski definition) is 1. The van der Waals surface area contributed by atoms with Gasteiger partial charge in [0, 0.05) is 26.2 Å². The van der Waals surface area contributed by atoms with Crippen molar-refractivity contribution in [1.29, 1.82) is 0 Å². The Balaban J connectivity index is 2.29. The number of nitrogens with zero attached hydrogens (tertiary/aromatic N) is 2. The van der Waals surface area contributed by atoms with E-state index in [1.54, 1.807) is 19.2 Å². The van der Waals surface area contributed by atoms with Gasteiger partial charge in [-0.1, -0.05) is 11.6 Å². The third kappa shape index (κ3) is 3.21. The standard InChI is InChI=1S/C14H20ClN3O3S/c1-10(9-16)17(2)14(19)12-5-4-11(8-13(12)15)18-6-3-7-22(18,20)21/h4-5,8,10H,3,6-7,9,16H2,1-2H3. The Morgan fingerprint density at radius 1 is 1.50 bits per heavy atom. The Hall–Kier alpha value is -1.31. The lowest BCUT2D eigenvalue weighted by molar-refractivity contribution is 0.0748. The summed E-state index contributed by atoms with van der Waals surface area (Å²) in [5, 5.41) is 0.237. The maximum absolute atomic E-state index is 12.4. The van der Waals surface area contributed by atoms with Gasteiger partial charge in [0.15, 0.2) is 0 Å². The van der Waals surface area contributed by atoms with Crippen LogP contribution < -0.4 is 10.0 Å². The van der Waals surface area contributed by atoms with E-state index in [1.807, 2.05) is 6.92 Å². The van der Waals surface area contributed by atoms with Crippen molar-refractivity contribution in [3.8, 4) is 0 Å². The van der Waals surface area contributed by atoms with E-state index in [1.165, 1.54) is 15.3 Å². The molecule has 1 aliphatic rings. The maximum atomic E-state index is 12.4. The molecule has 8 heteroatoms. The molecule has 1 amide bonds. The number of benzene rings is 1. The molecule has 1 saturated heterocycles. The number of halogens is 1. The van der Waals surface area contributed by atoms with Crippen LogP contribution in [-0.2, 0) is 10.0 Å². The second-order valence-corrected chi connectivity index (χ2v) is 7.83. The maximum Gasteiger partial charge on any atom is 0.255 e. The first-order chi connectivity index (χ1) is 10.3. The molecule has 1 fully saturated rings. The molecule has 2 N–H and O–H groups in total. The Labute approximate surface area is 135 Å². The first-order valence-corrected chi connectivity index (χ1v) is 9.04. The van der Waals surface area contributed by atoms with Crippen LogP contribution in [-0.4, -0.2) is 51.2 Å². The summed E-state index contributed by atoms with van der Waals surface area (Å²) in [6.45, 7) is 2.64. The first-order valence-electron chi connectivity index (χ1n) is 7.05. The number of carbonyl (C=O) groups excluding carboxylic acids is 1. The van der Waals surface area contributed by atoms with Crippen molar-refractivity contribution in [2.24, 2.45) is 5.73 Å². The van der Waals surface area contributed by atoms with Crippen molar-refractivity contribution >= 4 is 33.2 Å². The van der Waals surface area contributed by atoms with E-state index in [4.69, 9.17) is 17.3 Å². The second-order valence-electron chi connectivity index (χ2n) is 5.41. The summed E-state index contributed by atoms with van der Waals surface area (Å²) in [5.74, 6) is -0.0963. The number of sulfonamides is 1. The molecule has 0 saturated carbocycles. The Morgan fingerprint density at radius 2 is 2.18 bits per heavy atom. The van der Waals surface area contributed by atoms with Gasteiger partial charge in [0.1, 0.15) is 0 Å². The van der Waals surface area contributed by atoms with Crippen molar-refractivity contribution in [2.45, 2.75) is 19.4 Å². The van der Waals surface area contributed by atoms with Crippen molar-refractivity contribution in [3.05, 3.63) is 28.8 Å². The number of anilines is 1. The monoisotopic (exact) mass is 345 g/mol. The second kappa shape index (κ2) is 6.44. The lowest BCUT2D eigenvalue weighted by Crippen LogP contribution is -2.39. The highest BCUT2D eigenvalue weighted by molar-refractivity contribution is 7.93. The fraction of sp³-hybridized carbons (Fsp3) is 0.500. The highest BCUT2D eigenvalue weighted by Gasteiger charge is 2.29. The smallest absolute Gasteiger partial charge is 0.255 e. The molecule has 6 nitrogen and oxygen atoms in total. The Bertz CT molecular complexity index is 678. The van der Waals surface area contributed by atoms with Gasteiger partial charge in [-0.2, -0.15) is 0 Å². The minimum atomic E-state index is -3.26. The van der Waals surface area contributed by atoms with E-state index >= 15 is 0 Å². The molecule has 1 aromatic rings. The summed E-state index contributed by atoms with van der Waals surface area (Å²) < 4.78 is 25.2. The van der Waals surface area contributed by atoms with Gasteiger partial charge in [0.2, 0.25) is 10.0 Å². The van der Waals surface area contributed by atoms with Crippen molar-refractivity contribution in [3.63, 3.8) is 0 Å². The molecule has 0 aromatic heterocycles. The van der Waals surface area contributed by atoms with E-state index in [0.29, 0.717) is 30.8 Å². The molecule has 1 unspecified atom stereocenters. The molecule has 1 aromatic carbocycles. The Morgan fingerprint density at radius 3 is 2.68 bits per heavy atom. The summed E-state index contributed by atoms with van der Waals surface area (Å²) in [4.78, 5) is 13.9. The van der Waals surface area contributed by atoms with Crippen LogP contribution in [0.4, 0.5) is 5.69 Å². The predicted octanol–water partition coefficient (Wildman–Crippen LogP) is 1.30. The normalized spacial score (nSPS) is 18.3. The molecule has 22 heavy (non-hydrogen) atoms. The van der Waals surface area contributed by atoms with Gasteiger partial charge in [-0.3, -0.25) is 9.10 Å². The highest BCUT2D eigenvalue weighted by Crippen LogP contribution is 2.29. The zero-order valence-electron chi connectivity index (χ0n) is 12.6. The number of amides is 1. The number of carbonyl (C=O) groups is 1. The van der Waals surface area contributed by atoms with Gasteiger partial charge in [-0.25, -0.2) is 8.42 Å². The number of rotatable bonds is 4. The average molecular weight is 346 g/mol. The van der Waals surface area contributed by atoms with Gasteiger partial charge in [0.25, 0.3) is 5.91 Å². The lowest BCUT2D eigenvalue weighted by atomic mass is 10.1. The predicted molar refractivity (Wildman–Crippen MR) is 87.8 cm³/mol. The van der Waals surface area contributed by atoms with Crippen LogP contribution in [0.15, 0.2) is 18.2 Å². The van der Waals surface area contributed by atoms with E-state index in [-0.39, 0.29) is 22.7 Å². The lowest BCUT2D eigenvalue weighted by Gasteiger charge is -2.24. The minimum absolute atomic E-state index is 0.109. The molecule has 0 bridgehead atoms. The molecular formula is C14H20ClN3O3S. The summed E-state index contributed by atoms with van der Waals surface area (Å²) >= 11 is 6.19. The van der Waals surface area contributed by atoms with Crippen LogP contribution in [0, 0.1) is 0 Å². The number of likely N-dealkylation sites (N-methyl/N-ethyl adjacent to an activating group) is 1. The number of hydrogen-bond acceptors (Lipinski definition) is 4. The average Bonchev–Trinajstić information content (AvgIpc) is 2.84. The van der Waals surface area contributed by atoms with Gasteiger partial charge < -0.3 is 10.6 Å². The molecule has 0 radical (unpaired) electrons. The highest BCUT2D eigenvalue weighted by atomic mass is 35.5. The molecule has 1 atom stereocenters. The minimum Gasteiger partial charge on any atom is -0.338 e. The van der Waals surface area contributed by atoms with Crippen LogP contribution in [0.25, 0.3) is 0 Å². The van der Waals surface area contributed by atoms with E-state index in [0.717, 1.165) is 0 Å². The van der Waals surface area contributed by atoms with Crippen LogP contribution in [0.5, 0.6) is 0 Å². The third-order valence-corrected chi connectivity index (χ3v) is 6.08.